The summed E-state index contributed by atoms with van der Waals surface area (Å²) in [6.07, 6.45) is 5.69. The van der Waals surface area contributed by atoms with Gasteiger partial charge in [0.2, 0.25) is 5.91 Å². The molecule has 0 radical (unpaired) electrons. The molecule has 30 heavy (non-hydrogen) atoms. The van der Waals surface area contributed by atoms with Crippen LogP contribution in [0.4, 0.5) is 4.39 Å². The fourth-order valence-electron chi connectivity index (χ4n) is 4.01. The molecular weight excluding hydrogens is 385 g/mol. The van der Waals surface area contributed by atoms with Crippen molar-refractivity contribution in [2.75, 3.05) is 6.54 Å². The first-order valence-corrected chi connectivity index (χ1v) is 9.89. The Morgan fingerprint density at radius 3 is 2.90 bits per heavy atom. The quantitative estimate of drug-likeness (QED) is 0.635. The molecule has 3 aromatic rings. The lowest BCUT2D eigenvalue weighted by molar-refractivity contribution is -0.133. The van der Waals surface area contributed by atoms with E-state index in [1.807, 2.05) is 18.2 Å². The third-order valence-corrected chi connectivity index (χ3v) is 5.38. The van der Waals surface area contributed by atoms with E-state index in [4.69, 9.17) is 5.11 Å². The second-order valence-electron chi connectivity index (χ2n) is 7.36. The maximum atomic E-state index is 13.7. The van der Waals surface area contributed by atoms with Crippen molar-refractivity contribution in [1.82, 2.24) is 14.5 Å². The van der Waals surface area contributed by atoms with Crippen LogP contribution in [-0.4, -0.2) is 38.0 Å². The predicted octanol–water partition coefficient (Wildman–Crippen LogP) is 3.53. The highest BCUT2D eigenvalue weighted by atomic mass is 19.1. The van der Waals surface area contributed by atoms with E-state index < -0.39 is 5.97 Å². The first kappa shape index (κ1) is 19.8. The fourth-order valence-corrected chi connectivity index (χ4v) is 4.01. The van der Waals surface area contributed by atoms with Gasteiger partial charge in [-0.25, -0.2) is 14.2 Å². The van der Waals surface area contributed by atoms with Crippen LogP contribution >= 0.6 is 0 Å². The predicted molar refractivity (Wildman–Crippen MR) is 110 cm³/mol. The van der Waals surface area contributed by atoms with Crippen LogP contribution in [0.1, 0.15) is 29.7 Å². The summed E-state index contributed by atoms with van der Waals surface area (Å²) in [5.74, 6) is -1.30. The van der Waals surface area contributed by atoms with Crippen molar-refractivity contribution < 1.29 is 19.1 Å². The summed E-state index contributed by atoms with van der Waals surface area (Å²) in [5.41, 5.74) is 3.88. The van der Waals surface area contributed by atoms with Gasteiger partial charge in [0, 0.05) is 42.9 Å². The van der Waals surface area contributed by atoms with Gasteiger partial charge in [0.05, 0.1) is 6.54 Å². The largest absolute Gasteiger partial charge is 0.478 e. The molecule has 7 heteroatoms. The number of carbonyl (C=O) groups is 2. The van der Waals surface area contributed by atoms with Crippen LogP contribution in [0.2, 0.25) is 0 Å². The fraction of sp³-hybridized carbons (Fsp3) is 0.261. The molecule has 0 fully saturated rings. The monoisotopic (exact) mass is 407 g/mol. The number of aromatic nitrogens is 2. The number of hydrogen-bond acceptors (Lipinski definition) is 3. The maximum Gasteiger partial charge on any atom is 0.327 e. The molecule has 0 unspecified atom stereocenters. The zero-order chi connectivity index (χ0) is 21.1. The van der Waals surface area contributed by atoms with Crippen molar-refractivity contribution in [3.05, 3.63) is 77.4 Å². The van der Waals surface area contributed by atoms with Crippen molar-refractivity contribution in [1.29, 1.82) is 0 Å². The summed E-state index contributed by atoms with van der Waals surface area (Å²) in [7, 11) is 0. The van der Waals surface area contributed by atoms with Gasteiger partial charge < -0.3 is 14.6 Å². The number of carboxylic acid groups (broad SMARTS) is 1. The van der Waals surface area contributed by atoms with Gasteiger partial charge in [0.25, 0.3) is 0 Å². The Balaban J connectivity index is 1.61. The minimum absolute atomic E-state index is 0.00814. The summed E-state index contributed by atoms with van der Waals surface area (Å²) in [6.45, 7) is 1.55. The van der Waals surface area contributed by atoms with Crippen LogP contribution in [0.5, 0.6) is 0 Å². The van der Waals surface area contributed by atoms with Gasteiger partial charge in [0.15, 0.2) is 0 Å². The minimum Gasteiger partial charge on any atom is -0.478 e. The highest BCUT2D eigenvalue weighted by molar-refractivity contribution is 5.84. The Morgan fingerprint density at radius 1 is 1.23 bits per heavy atom. The van der Waals surface area contributed by atoms with Crippen LogP contribution in [0.15, 0.2) is 54.7 Å². The van der Waals surface area contributed by atoms with Gasteiger partial charge in [-0.05, 0) is 48.2 Å². The molecule has 1 aromatic carbocycles. The van der Waals surface area contributed by atoms with Crippen LogP contribution in [-0.2, 0) is 29.1 Å². The SMILES string of the molecule is O=C(O)/C=C/CCC(=O)N1CCc2c(n(Cc3cccc(F)c3)c3ncccc23)C1. The normalized spacial score (nSPS) is 13.7. The molecule has 1 aliphatic heterocycles. The summed E-state index contributed by atoms with van der Waals surface area (Å²) >= 11 is 0. The zero-order valence-electron chi connectivity index (χ0n) is 16.4. The number of benzene rings is 1. The molecule has 1 amide bonds. The molecule has 154 valence electrons. The lowest BCUT2D eigenvalue weighted by Gasteiger charge is -2.28. The first-order valence-electron chi connectivity index (χ1n) is 9.89. The van der Waals surface area contributed by atoms with E-state index in [1.165, 1.54) is 23.8 Å². The summed E-state index contributed by atoms with van der Waals surface area (Å²) in [5, 5.41) is 9.73. The molecule has 1 N–H and O–H groups in total. The molecule has 0 saturated heterocycles. The minimum atomic E-state index is -1.01. The summed E-state index contributed by atoms with van der Waals surface area (Å²) in [4.78, 5) is 29.6. The second kappa shape index (κ2) is 8.49. The molecule has 0 spiro atoms. The van der Waals surface area contributed by atoms with Crippen molar-refractivity contribution in [3.8, 4) is 0 Å². The highest BCUT2D eigenvalue weighted by Gasteiger charge is 2.26. The molecule has 4 rings (SSSR count). The highest BCUT2D eigenvalue weighted by Crippen LogP contribution is 2.30. The smallest absolute Gasteiger partial charge is 0.327 e. The van der Waals surface area contributed by atoms with E-state index in [2.05, 4.69) is 9.55 Å². The third-order valence-electron chi connectivity index (χ3n) is 5.38. The van der Waals surface area contributed by atoms with Crippen LogP contribution in [0.25, 0.3) is 11.0 Å². The molecule has 0 aliphatic carbocycles. The molecule has 1 aliphatic rings. The lowest BCUT2D eigenvalue weighted by atomic mass is 10.0. The van der Waals surface area contributed by atoms with Crippen molar-refractivity contribution in [2.24, 2.45) is 0 Å². The van der Waals surface area contributed by atoms with Crippen molar-refractivity contribution in [2.45, 2.75) is 32.4 Å². The first-order chi connectivity index (χ1) is 14.5. The van der Waals surface area contributed by atoms with E-state index in [0.29, 0.717) is 26.1 Å². The van der Waals surface area contributed by atoms with Gasteiger partial charge >= 0.3 is 5.97 Å². The van der Waals surface area contributed by atoms with E-state index in [0.717, 1.165) is 34.8 Å². The van der Waals surface area contributed by atoms with Gasteiger partial charge in [-0.1, -0.05) is 18.2 Å². The number of nitrogens with zero attached hydrogens (tertiary/aromatic N) is 3. The average Bonchev–Trinajstić information content (AvgIpc) is 3.04. The molecule has 3 heterocycles. The third kappa shape index (κ3) is 4.10. The number of aliphatic carboxylic acids is 1. The average molecular weight is 407 g/mol. The molecule has 0 bridgehead atoms. The number of rotatable bonds is 6. The molecular formula is C23H22FN3O3. The van der Waals surface area contributed by atoms with E-state index in [1.54, 1.807) is 17.2 Å². The second-order valence-corrected chi connectivity index (χ2v) is 7.36. The topological polar surface area (TPSA) is 75.4 Å². The van der Waals surface area contributed by atoms with Crippen LogP contribution < -0.4 is 0 Å². The number of pyridine rings is 1. The Kier molecular flexibility index (Phi) is 5.61. The van der Waals surface area contributed by atoms with Crippen LogP contribution in [0, 0.1) is 5.82 Å². The molecule has 6 nitrogen and oxygen atoms in total. The van der Waals surface area contributed by atoms with E-state index in [9.17, 15) is 14.0 Å². The number of carbonyl (C=O) groups excluding carboxylic acids is 1. The standard InChI is InChI=1S/C23H22FN3O3/c24-17-6-3-5-16(13-17)14-27-20-15-26(21(28)8-1-2-9-22(29)30)12-10-18(20)19-7-4-11-25-23(19)27/h2-7,9,11,13H,1,8,10,12,14-15H2,(H,29,30)/b9-2+. The van der Waals surface area contributed by atoms with Crippen molar-refractivity contribution >= 4 is 22.9 Å². The Hall–Kier alpha value is -3.48. The number of halogens is 1. The number of hydrogen-bond donors (Lipinski definition) is 1. The Labute approximate surface area is 173 Å². The van der Waals surface area contributed by atoms with E-state index in [-0.39, 0.29) is 18.1 Å². The number of carboxylic acids is 1. The molecule has 0 saturated carbocycles. The number of amides is 1. The number of allylic oxidation sites excluding steroid dienone is 1. The summed E-state index contributed by atoms with van der Waals surface area (Å²) in [6, 6.07) is 10.5. The summed E-state index contributed by atoms with van der Waals surface area (Å²) < 4.78 is 15.8. The van der Waals surface area contributed by atoms with Gasteiger partial charge in [-0.3, -0.25) is 4.79 Å². The lowest BCUT2D eigenvalue weighted by Crippen LogP contribution is -2.36. The van der Waals surface area contributed by atoms with E-state index >= 15 is 0 Å². The Morgan fingerprint density at radius 2 is 2.10 bits per heavy atom. The van der Waals surface area contributed by atoms with Crippen LogP contribution in [0.3, 0.4) is 0 Å². The Bertz CT molecular complexity index is 1140. The molecule has 0 atom stereocenters. The zero-order valence-corrected chi connectivity index (χ0v) is 16.4. The maximum absolute atomic E-state index is 13.7. The van der Waals surface area contributed by atoms with Gasteiger partial charge in [-0.2, -0.15) is 0 Å². The molecule has 2 aromatic heterocycles. The number of fused-ring (bicyclic) bond motifs is 3. The van der Waals surface area contributed by atoms with Gasteiger partial charge in [-0.15, -0.1) is 0 Å². The van der Waals surface area contributed by atoms with Gasteiger partial charge in [0.1, 0.15) is 11.5 Å². The van der Waals surface area contributed by atoms with Crippen molar-refractivity contribution in [3.63, 3.8) is 0 Å².